The number of anilines is 2. The van der Waals surface area contributed by atoms with Crippen LogP contribution in [-0.4, -0.2) is 29.5 Å². The molecule has 0 radical (unpaired) electrons. The lowest BCUT2D eigenvalue weighted by Gasteiger charge is -2.12. The fourth-order valence-electron chi connectivity index (χ4n) is 2.00. The summed E-state index contributed by atoms with van der Waals surface area (Å²) in [6.45, 7) is 6.47. The number of halogens is 1. The van der Waals surface area contributed by atoms with Gasteiger partial charge in [-0.2, -0.15) is 0 Å². The molecule has 0 aliphatic heterocycles. The predicted octanol–water partition coefficient (Wildman–Crippen LogP) is 3.92. The largest absolute Gasteiger partial charge is 0.448 e. The van der Waals surface area contributed by atoms with E-state index in [2.05, 4.69) is 29.5 Å². The molecule has 0 aliphatic carbocycles. The normalized spacial score (nSPS) is 11.9. The Kier molecular flexibility index (Phi) is 7.08. The summed E-state index contributed by atoms with van der Waals surface area (Å²) in [4.78, 5) is 28.3. The molecular formula is C18H22FN3O3S. The van der Waals surface area contributed by atoms with Crippen molar-refractivity contribution in [3.8, 4) is 0 Å². The predicted molar refractivity (Wildman–Crippen MR) is 100.0 cm³/mol. The number of carbonyl (C=O) groups excluding carboxylic acids is 2. The van der Waals surface area contributed by atoms with Gasteiger partial charge in [-0.25, -0.2) is 14.2 Å². The van der Waals surface area contributed by atoms with E-state index in [0.29, 0.717) is 16.7 Å². The zero-order valence-corrected chi connectivity index (χ0v) is 15.7. The first-order chi connectivity index (χ1) is 12.3. The van der Waals surface area contributed by atoms with Crippen LogP contribution >= 0.6 is 11.3 Å². The van der Waals surface area contributed by atoms with E-state index in [1.807, 2.05) is 0 Å². The summed E-state index contributed by atoms with van der Waals surface area (Å²) in [5, 5.41) is 7.86. The molecule has 0 fully saturated rings. The highest BCUT2D eigenvalue weighted by atomic mass is 32.1. The highest BCUT2D eigenvalue weighted by molar-refractivity contribution is 7.13. The van der Waals surface area contributed by atoms with E-state index in [0.717, 1.165) is 13.0 Å². The Balaban J connectivity index is 1.86. The molecule has 0 bridgehead atoms. The number of esters is 1. The zero-order valence-electron chi connectivity index (χ0n) is 14.9. The molecule has 0 spiro atoms. The van der Waals surface area contributed by atoms with Crippen LogP contribution < -0.4 is 10.6 Å². The highest BCUT2D eigenvalue weighted by Gasteiger charge is 2.21. The van der Waals surface area contributed by atoms with Crippen molar-refractivity contribution in [1.29, 1.82) is 0 Å². The molecule has 1 aromatic heterocycles. The van der Waals surface area contributed by atoms with Crippen LogP contribution in [0.1, 0.15) is 37.7 Å². The fourth-order valence-corrected chi connectivity index (χ4v) is 2.71. The van der Waals surface area contributed by atoms with Crippen molar-refractivity contribution in [3.05, 3.63) is 41.2 Å². The molecule has 1 atom stereocenters. The second kappa shape index (κ2) is 9.28. The second-order valence-corrected chi connectivity index (χ2v) is 7.05. The molecular weight excluding hydrogens is 357 g/mol. The molecule has 0 unspecified atom stereocenters. The van der Waals surface area contributed by atoms with Gasteiger partial charge in [-0.15, -0.1) is 11.3 Å². The number of nitrogens with one attached hydrogen (secondary N) is 2. The van der Waals surface area contributed by atoms with Crippen LogP contribution in [0.25, 0.3) is 0 Å². The molecule has 2 aromatic rings. The summed E-state index contributed by atoms with van der Waals surface area (Å²) in [6.07, 6.45) is -0.0405. The third-order valence-corrected chi connectivity index (χ3v) is 4.26. The minimum atomic E-state index is -1.04. The van der Waals surface area contributed by atoms with Crippen molar-refractivity contribution >= 4 is 34.0 Å². The average molecular weight is 379 g/mol. The molecule has 1 aromatic carbocycles. The van der Waals surface area contributed by atoms with Gasteiger partial charge in [0.1, 0.15) is 5.82 Å². The summed E-state index contributed by atoms with van der Waals surface area (Å²) >= 11 is 1.30. The number of thiazole rings is 1. The Morgan fingerprint density at radius 1 is 1.31 bits per heavy atom. The number of nitrogens with zero attached hydrogens (tertiary/aromatic N) is 1. The van der Waals surface area contributed by atoms with Crippen molar-refractivity contribution in [2.24, 2.45) is 5.92 Å². The standard InChI is InChI=1S/C18H22FN3O3S/c1-11(2)7-8-20-18-22-15(10-26-18)17(24)25-12(3)16(23)21-14-6-4-5-13(19)9-14/h4-6,9-12H,7-8H2,1-3H3,(H,20,22)(H,21,23)/t12-/m0/s1. The molecule has 2 N–H and O–H groups in total. The zero-order chi connectivity index (χ0) is 19.1. The summed E-state index contributed by atoms with van der Waals surface area (Å²) in [7, 11) is 0. The number of hydrogen-bond donors (Lipinski definition) is 2. The maximum absolute atomic E-state index is 13.1. The minimum absolute atomic E-state index is 0.146. The van der Waals surface area contributed by atoms with Gasteiger partial charge in [0, 0.05) is 17.6 Å². The first kappa shape index (κ1) is 19.8. The SMILES string of the molecule is CC(C)CCNc1nc(C(=O)O[C@@H](C)C(=O)Nc2cccc(F)c2)cs1. The van der Waals surface area contributed by atoms with E-state index in [1.54, 1.807) is 11.4 Å². The topological polar surface area (TPSA) is 80.3 Å². The fraction of sp³-hybridized carbons (Fsp3) is 0.389. The average Bonchev–Trinajstić information content (AvgIpc) is 3.03. The maximum Gasteiger partial charge on any atom is 0.358 e. The summed E-state index contributed by atoms with van der Waals surface area (Å²) in [5.41, 5.74) is 0.440. The number of ether oxygens (including phenoxy) is 1. The van der Waals surface area contributed by atoms with Gasteiger partial charge in [0.05, 0.1) is 0 Å². The molecule has 2 rings (SSSR count). The molecule has 1 amide bonds. The smallest absolute Gasteiger partial charge is 0.358 e. The quantitative estimate of drug-likeness (QED) is 0.680. The number of aromatic nitrogens is 1. The first-order valence-electron chi connectivity index (χ1n) is 8.32. The molecule has 0 aliphatic rings. The molecule has 1 heterocycles. The van der Waals surface area contributed by atoms with Gasteiger partial charge >= 0.3 is 5.97 Å². The number of rotatable bonds is 8. The summed E-state index contributed by atoms with van der Waals surface area (Å²) in [6, 6.07) is 5.48. The van der Waals surface area contributed by atoms with Crippen LogP contribution in [0, 0.1) is 11.7 Å². The molecule has 26 heavy (non-hydrogen) atoms. The Bertz CT molecular complexity index is 764. The Morgan fingerprint density at radius 3 is 2.77 bits per heavy atom. The third kappa shape index (κ3) is 6.11. The molecule has 0 saturated heterocycles. The van der Waals surface area contributed by atoms with Crippen LogP contribution in [0.2, 0.25) is 0 Å². The van der Waals surface area contributed by atoms with Gasteiger partial charge in [0.15, 0.2) is 16.9 Å². The molecule has 0 saturated carbocycles. The third-order valence-electron chi connectivity index (χ3n) is 3.46. The molecule has 6 nitrogen and oxygen atoms in total. The van der Waals surface area contributed by atoms with Crippen molar-refractivity contribution in [2.45, 2.75) is 33.3 Å². The van der Waals surface area contributed by atoms with E-state index in [-0.39, 0.29) is 5.69 Å². The van der Waals surface area contributed by atoms with Crippen LogP contribution in [-0.2, 0) is 9.53 Å². The number of amides is 1. The number of benzene rings is 1. The van der Waals surface area contributed by atoms with Crippen LogP contribution in [0.5, 0.6) is 0 Å². The van der Waals surface area contributed by atoms with Crippen molar-refractivity contribution in [1.82, 2.24) is 4.98 Å². The highest BCUT2D eigenvalue weighted by Crippen LogP contribution is 2.17. The number of hydrogen-bond acceptors (Lipinski definition) is 6. The molecule has 140 valence electrons. The van der Waals surface area contributed by atoms with Crippen LogP contribution in [0.3, 0.4) is 0 Å². The van der Waals surface area contributed by atoms with E-state index >= 15 is 0 Å². The second-order valence-electron chi connectivity index (χ2n) is 6.19. The Hall–Kier alpha value is -2.48. The Labute approximate surface area is 155 Å². The monoisotopic (exact) mass is 379 g/mol. The van der Waals surface area contributed by atoms with Gasteiger partial charge in [-0.1, -0.05) is 19.9 Å². The lowest BCUT2D eigenvalue weighted by Crippen LogP contribution is -2.30. The van der Waals surface area contributed by atoms with Gasteiger partial charge in [0.2, 0.25) is 0 Å². The maximum atomic E-state index is 13.1. The van der Waals surface area contributed by atoms with Crippen LogP contribution in [0.15, 0.2) is 29.6 Å². The van der Waals surface area contributed by atoms with Crippen molar-refractivity contribution in [2.75, 3.05) is 17.2 Å². The van der Waals surface area contributed by atoms with Crippen molar-refractivity contribution < 1.29 is 18.7 Å². The lowest BCUT2D eigenvalue weighted by molar-refractivity contribution is -0.123. The lowest BCUT2D eigenvalue weighted by atomic mass is 10.1. The van der Waals surface area contributed by atoms with Crippen LogP contribution in [0.4, 0.5) is 15.2 Å². The van der Waals surface area contributed by atoms with Gasteiger partial charge in [0.25, 0.3) is 5.91 Å². The van der Waals surface area contributed by atoms with Gasteiger partial charge < -0.3 is 15.4 Å². The number of carbonyl (C=O) groups is 2. The summed E-state index contributed by atoms with van der Waals surface area (Å²) < 4.78 is 18.3. The van der Waals surface area contributed by atoms with Crippen molar-refractivity contribution in [3.63, 3.8) is 0 Å². The van der Waals surface area contributed by atoms with E-state index in [1.165, 1.54) is 36.5 Å². The first-order valence-corrected chi connectivity index (χ1v) is 9.20. The molecule has 8 heteroatoms. The van der Waals surface area contributed by atoms with E-state index in [4.69, 9.17) is 4.74 Å². The van der Waals surface area contributed by atoms with E-state index < -0.39 is 23.8 Å². The minimum Gasteiger partial charge on any atom is -0.448 e. The van der Waals surface area contributed by atoms with Gasteiger partial charge in [-0.3, -0.25) is 4.79 Å². The Morgan fingerprint density at radius 2 is 2.08 bits per heavy atom. The van der Waals surface area contributed by atoms with E-state index in [9.17, 15) is 14.0 Å². The summed E-state index contributed by atoms with van der Waals surface area (Å²) in [5.74, 6) is -1.12. The van der Waals surface area contributed by atoms with Gasteiger partial charge in [-0.05, 0) is 37.5 Å².